The maximum Gasteiger partial charge on any atom is 0.351 e. The normalized spacial score (nSPS) is 11.0. The van der Waals surface area contributed by atoms with Crippen molar-refractivity contribution in [2.75, 3.05) is 0 Å². The van der Waals surface area contributed by atoms with Gasteiger partial charge in [-0.15, -0.1) is 5.10 Å². The highest BCUT2D eigenvalue weighted by atomic mass is 35.5. The van der Waals surface area contributed by atoms with E-state index in [0.717, 1.165) is 11.3 Å². The lowest BCUT2D eigenvalue weighted by molar-refractivity contribution is 0.242. The molecule has 7 heteroatoms. The Morgan fingerprint density at radius 2 is 1.96 bits per heavy atom. The van der Waals surface area contributed by atoms with Crippen LogP contribution in [0.2, 0.25) is 5.02 Å². The summed E-state index contributed by atoms with van der Waals surface area (Å²) in [7, 11) is 0. The van der Waals surface area contributed by atoms with Crippen LogP contribution in [0.5, 0.6) is 5.75 Å². The van der Waals surface area contributed by atoms with Crippen LogP contribution in [0.4, 0.5) is 0 Å². The van der Waals surface area contributed by atoms with Crippen molar-refractivity contribution in [3.8, 4) is 22.8 Å². The van der Waals surface area contributed by atoms with E-state index in [4.69, 9.17) is 16.3 Å². The second-order valence-electron chi connectivity index (χ2n) is 6.57. The molecule has 0 aliphatic heterocycles. The maximum absolute atomic E-state index is 13.0. The fraction of sp³-hybridized carbons (Fsp3) is 0.250. The number of pyridine rings is 1. The van der Waals surface area contributed by atoms with E-state index in [1.165, 1.54) is 15.4 Å². The van der Waals surface area contributed by atoms with Gasteiger partial charge in [0.05, 0.1) is 23.4 Å². The van der Waals surface area contributed by atoms with Crippen molar-refractivity contribution in [2.45, 2.75) is 33.4 Å². The molecule has 0 aliphatic rings. The molecule has 1 aromatic carbocycles. The van der Waals surface area contributed by atoms with Gasteiger partial charge in [0.2, 0.25) is 0 Å². The fourth-order valence-electron chi connectivity index (χ4n) is 2.68. The number of halogens is 1. The quantitative estimate of drug-likeness (QED) is 0.600. The van der Waals surface area contributed by atoms with E-state index in [2.05, 4.69) is 16.7 Å². The topological polar surface area (TPSA) is 61.9 Å². The molecule has 0 atom stereocenters. The molecule has 0 saturated carbocycles. The van der Waals surface area contributed by atoms with Crippen LogP contribution in [0.3, 0.4) is 0 Å². The molecule has 140 valence electrons. The zero-order chi connectivity index (χ0) is 19.6. The standard InChI is InChI=1S/C20H21ClN4O2/c1-13(2)12-24-20(26)25(15-5-7-16(8-6-15)27-14(3)4)19(23-24)17-9-10-22-11-18(17)21/h5-11,14H,1,12H2,2-4H3. The van der Waals surface area contributed by atoms with Gasteiger partial charge < -0.3 is 4.74 Å². The van der Waals surface area contributed by atoms with Gasteiger partial charge in [0, 0.05) is 18.0 Å². The monoisotopic (exact) mass is 384 g/mol. The Kier molecular flexibility index (Phi) is 5.46. The van der Waals surface area contributed by atoms with Gasteiger partial charge in [0.15, 0.2) is 5.82 Å². The van der Waals surface area contributed by atoms with Gasteiger partial charge in [-0.2, -0.15) is 0 Å². The van der Waals surface area contributed by atoms with E-state index >= 15 is 0 Å². The average Bonchev–Trinajstić information content (AvgIpc) is 2.91. The molecule has 0 fully saturated rings. The molecule has 0 bridgehead atoms. The first-order valence-electron chi connectivity index (χ1n) is 8.58. The third-order valence-corrected chi connectivity index (χ3v) is 4.04. The second-order valence-corrected chi connectivity index (χ2v) is 6.98. The Morgan fingerprint density at radius 3 is 2.56 bits per heavy atom. The molecule has 0 saturated heterocycles. The zero-order valence-electron chi connectivity index (χ0n) is 15.5. The average molecular weight is 385 g/mol. The Labute approximate surface area is 162 Å². The molecular weight excluding hydrogens is 364 g/mol. The SMILES string of the molecule is C=C(C)Cn1nc(-c2ccncc2Cl)n(-c2ccc(OC(C)C)cc2)c1=O. The predicted molar refractivity (Wildman–Crippen MR) is 107 cm³/mol. The van der Waals surface area contributed by atoms with E-state index < -0.39 is 0 Å². The smallest absolute Gasteiger partial charge is 0.351 e. The molecule has 0 spiro atoms. The number of hydrogen-bond donors (Lipinski definition) is 0. The number of aromatic nitrogens is 4. The lowest BCUT2D eigenvalue weighted by Crippen LogP contribution is -2.24. The largest absolute Gasteiger partial charge is 0.491 e. The third kappa shape index (κ3) is 4.11. The lowest BCUT2D eigenvalue weighted by Gasteiger charge is -2.11. The number of nitrogens with zero attached hydrogens (tertiary/aromatic N) is 4. The highest BCUT2D eigenvalue weighted by molar-refractivity contribution is 6.33. The van der Waals surface area contributed by atoms with Gasteiger partial charge >= 0.3 is 5.69 Å². The molecule has 3 aromatic rings. The lowest BCUT2D eigenvalue weighted by atomic mass is 10.2. The van der Waals surface area contributed by atoms with Crippen molar-refractivity contribution in [1.29, 1.82) is 0 Å². The van der Waals surface area contributed by atoms with Crippen LogP contribution in [0.25, 0.3) is 17.1 Å². The second kappa shape index (κ2) is 7.80. The Morgan fingerprint density at radius 1 is 1.26 bits per heavy atom. The summed E-state index contributed by atoms with van der Waals surface area (Å²) in [5.74, 6) is 1.19. The van der Waals surface area contributed by atoms with Crippen molar-refractivity contribution in [3.05, 3.63) is 70.4 Å². The summed E-state index contributed by atoms with van der Waals surface area (Å²) < 4.78 is 8.59. The van der Waals surface area contributed by atoms with E-state index in [9.17, 15) is 4.79 Å². The minimum Gasteiger partial charge on any atom is -0.491 e. The number of ether oxygens (including phenoxy) is 1. The van der Waals surface area contributed by atoms with Gasteiger partial charge in [-0.25, -0.2) is 14.0 Å². The van der Waals surface area contributed by atoms with Gasteiger partial charge in [0.25, 0.3) is 0 Å². The van der Waals surface area contributed by atoms with Crippen LogP contribution in [0, 0.1) is 0 Å². The van der Waals surface area contributed by atoms with Crippen LogP contribution in [-0.2, 0) is 6.54 Å². The minimum absolute atomic E-state index is 0.0723. The number of allylic oxidation sites excluding steroid dienone is 1. The third-order valence-electron chi connectivity index (χ3n) is 3.74. The summed E-state index contributed by atoms with van der Waals surface area (Å²) in [5, 5.41) is 4.91. The molecule has 27 heavy (non-hydrogen) atoms. The van der Waals surface area contributed by atoms with E-state index in [1.54, 1.807) is 12.3 Å². The van der Waals surface area contributed by atoms with Gasteiger partial charge in [-0.3, -0.25) is 4.98 Å². The van der Waals surface area contributed by atoms with Gasteiger partial charge in [0.1, 0.15) is 5.75 Å². The number of hydrogen-bond acceptors (Lipinski definition) is 4. The zero-order valence-corrected chi connectivity index (χ0v) is 16.3. The molecule has 0 aliphatic carbocycles. The van der Waals surface area contributed by atoms with Gasteiger partial charge in [-0.05, 0) is 51.1 Å². The van der Waals surface area contributed by atoms with Crippen LogP contribution >= 0.6 is 11.6 Å². The van der Waals surface area contributed by atoms with E-state index in [1.807, 2.05) is 45.0 Å². The summed E-state index contributed by atoms with van der Waals surface area (Å²) in [6.45, 7) is 9.97. The summed E-state index contributed by atoms with van der Waals surface area (Å²) in [6.07, 6.45) is 3.22. The van der Waals surface area contributed by atoms with Crippen LogP contribution in [0.15, 0.2) is 59.7 Å². The minimum atomic E-state index is -0.265. The first-order valence-corrected chi connectivity index (χ1v) is 8.96. The van der Waals surface area contributed by atoms with Crippen molar-refractivity contribution >= 4 is 11.6 Å². The van der Waals surface area contributed by atoms with Crippen LogP contribution in [0.1, 0.15) is 20.8 Å². The number of benzene rings is 1. The highest BCUT2D eigenvalue weighted by Crippen LogP contribution is 2.27. The summed E-state index contributed by atoms with van der Waals surface area (Å²) in [5.41, 5.74) is 1.87. The maximum atomic E-state index is 13.0. The van der Waals surface area contributed by atoms with Crippen LogP contribution < -0.4 is 10.4 Å². The van der Waals surface area contributed by atoms with E-state index in [-0.39, 0.29) is 11.8 Å². The Bertz CT molecular complexity index is 1020. The summed E-state index contributed by atoms with van der Waals surface area (Å²) in [6, 6.07) is 9.04. The van der Waals surface area contributed by atoms with Crippen molar-refractivity contribution in [1.82, 2.24) is 19.3 Å². The molecule has 0 radical (unpaired) electrons. The van der Waals surface area contributed by atoms with Crippen molar-refractivity contribution < 1.29 is 4.74 Å². The Hall–Kier alpha value is -2.86. The first kappa shape index (κ1) is 18.9. The molecule has 0 amide bonds. The molecule has 3 rings (SSSR count). The fourth-order valence-corrected chi connectivity index (χ4v) is 2.88. The molecule has 0 N–H and O–H groups in total. The molecule has 0 unspecified atom stereocenters. The molecule has 6 nitrogen and oxygen atoms in total. The first-order chi connectivity index (χ1) is 12.9. The van der Waals surface area contributed by atoms with Gasteiger partial charge in [-0.1, -0.05) is 23.8 Å². The molecule has 2 heterocycles. The summed E-state index contributed by atoms with van der Waals surface area (Å²) in [4.78, 5) is 17.0. The molecule has 2 aromatic heterocycles. The van der Waals surface area contributed by atoms with E-state index in [0.29, 0.717) is 28.6 Å². The predicted octanol–water partition coefficient (Wildman–Crippen LogP) is 4.11. The van der Waals surface area contributed by atoms with Crippen LogP contribution in [-0.4, -0.2) is 25.4 Å². The number of rotatable bonds is 6. The van der Waals surface area contributed by atoms with Crippen molar-refractivity contribution in [3.63, 3.8) is 0 Å². The molecular formula is C20H21ClN4O2. The summed E-state index contributed by atoms with van der Waals surface area (Å²) >= 11 is 6.30. The highest BCUT2D eigenvalue weighted by Gasteiger charge is 2.19. The van der Waals surface area contributed by atoms with Crippen molar-refractivity contribution in [2.24, 2.45) is 0 Å². The Balaban J connectivity index is 2.15.